The van der Waals surface area contributed by atoms with E-state index in [1.807, 2.05) is 12.1 Å². The van der Waals surface area contributed by atoms with Gasteiger partial charge in [0.15, 0.2) is 5.76 Å². The fourth-order valence-corrected chi connectivity index (χ4v) is 1.86. The van der Waals surface area contributed by atoms with Crippen LogP contribution in [0.5, 0.6) is 0 Å². The minimum Gasteiger partial charge on any atom is -0.459 e. The monoisotopic (exact) mass is 301 g/mol. The molecule has 6 nitrogen and oxygen atoms in total. The lowest BCUT2D eigenvalue weighted by molar-refractivity contribution is -0.121. The lowest BCUT2D eigenvalue weighted by Crippen LogP contribution is -2.23. The fraction of sp³-hybridized carbons (Fsp3) is 0.250. The molecule has 0 unspecified atom stereocenters. The molecule has 0 radical (unpaired) electrons. The summed E-state index contributed by atoms with van der Waals surface area (Å²) < 4.78 is 5.02. The number of furan rings is 1. The molecule has 2 aromatic rings. The summed E-state index contributed by atoms with van der Waals surface area (Å²) in [5, 5.41) is 5.55. The molecule has 22 heavy (non-hydrogen) atoms. The molecule has 0 aliphatic rings. The molecular formula is C16H19N3O3. The molecule has 0 saturated heterocycles. The maximum atomic E-state index is 11.8. The van der Waals surface area contributed by atoms with Crippen LogP contribution >= 0.6 is 0 Å². The Labute approximate surface area is 128 Å². The Morgan fingerprint density at radius 2 is 1.91 bits per heavy atom. The molecule has 4 N–H and O–H groups in total. The highest BCUT2D eigenvalue weighted by atomic mass is 16.3. The Morgan fingerprint density at radius 3 is 2.55 bits per heavy atom. The van der Waals surface area contributed by atoms with Gasteiger partial charge >= 0.3 is 0 Å². The van der Waals surface area contributed by atoms with E-state index in [-0.39, 0.29) is 17.6 Å². The third kappa shape index (κ3) is 4.75. The molecule has 0 atom stereocenters. The second-order valence-corrected chi connectivity index (χ2v) is 4.80. The van der Waals surface area contributed by atoms with E-state index in [0.29, 0.717) is 31.6 Å². The molecule has 0 saturated carbocycles. The van der Waals surface area contributed by atoms with Gasteiger partial charge in [0.1, 0.15) is 0 Å². The molecule has 0 bridgehead atoms. The average molecular weight is 301 g/mol. The summed E-state index contributed by atoms with van der Waals surface area (Å²) >= 11 is 0. The number of rotatable bonds is 7. The largest absolute Gasteiger partial charge is 0.459 e. The summed E-state index contributed by atoms with van der Waals surface area (Å²) in [7, 11) is 0. The predicted octanol–water partition coefficient (Wildman–Crippen LogP) is 1.89. The van der Waals surface area contributed by atoms with E-state index in [1.54, 1.807) is 24.3 Å². The van der Waals surface area contributed by atoms with Crippen molar-refractivity contribution in [3.05, 3.63) is 54.0 Å². The predicted molar refractivity (Wildman–Crippen MR) is 83.2 cm³/mol. The van der Waals surface area contributed by atoms with Gasteiger partial charge in [-0.2, -0.15) is 0 Å². The van der Waals surface area contributed by atoms with E-state index >= 15 is 0 Å². The lowest BCUT2D eigenvalue weighted by atomic mass is 10.2. The number of hydrogen-bond donors (Lipinski definition) is 3. The van der Waals surface area contributed by atoms with Crippen molar-refractivity contribution in [1.82, 2.24) is 5.32 Å². The Morgan fingerprint density at radius 1 is 1.14 bits per heavy atom. The van der Waals surface area contributed by atoms with Crippen LogP contribution in [0.2, 0.25) is 0 Å². The Balaban J connectivity index is 1.82. The molecule has 6 heteroatoms. The maximum Gasteiger partial charge on any atom is 0.291 e. The van der Waals surface area contributed by atoms with Crippen molar-refractivity contribution < 1.29 is 14.0 Å². The Kier molecular flexibility index (Phi) is 5.73. The zero-order chi connectivity index (χ0) is 15.8. The number of anilines is 1. The standard InChI is InChI=1S/C16H19N3O3/c17-9-1-4-15(20)18-11-12-5-7-13(8-6-12)19-16(21)14-3-2-10-22-14/h2-3,5-8,10H,1,4,9,11,17H2,(H,18,20)(H,19,21). The molecule has 2 amide bonds. The highest BCUT2D eigenvalue weighted by molar-refractivity contribution is 6.02. The van der Waals surface area contributed by atoms with Crippen molar-refractivity contribution in [2.75, 3.05) is 11.9 Å². The number of carbonyl (C=O) groups is 2. The number of carbonyl (C=O) groups excluding carboxylic acids is 2. The number of benzene rings is 1. The van der Waals surface area contributed by atoms with Crippen molar-refractivity contribution >= 4 is 17.5 Å². The summed E-state index contributed by atoms with van der Waals surface area (Å²) in [6.07, 6.45) is 2.57. The van der Waals surface area contributed by atoms with Gasteiger partial charge in [0.05, 0.1) is 6.26 Å². The summed E-state index contributed by atoms with van der Waals surface area (Å²) in [6, 6.07) is 10.5. The molecule has 1 aromatic carbocycles. The van der Waals surface area contributed by atoms with Gasteiger partial charge in [0, 0.05) is 18.7 Å². The van der Waals surface area contributed by atoms with Crippen LogP contribution in [0.25, 0.3) is 0 Å². The number of hydrogen-bond acceptors (Lipinski definition) is 4. The summed E-state index contributed by atoms with van der Waals surface area (Å²) in [5.41, 5.74) is 6.98. The van der Waals surface area contributed by atoms with E-state index < -0.39 is 0 Å². The minimum absolute atomic E-state index is 0.0133. The van der Waals surface area contributed by atoms with Gasteiger partial charge in [-0.3, -0.25) is 9.59 Å². The van der Waals surface area contributed by atoms with Gasteiger partial charge in [-0.05, 0) is 42.8 Å². The number of nitrogens with two attached hydrogens (primary N) is 1. The summed E-state index contributed by atoms with van der Waals surface area (Å²) in [6.45, 7) is 0.966. The smallest absolute Gasteiger partial charge is 0.291 e. The second kappa shape index (κ2) is 7.99. The van der Waals surface area contributed by atoms with Crippen LogP contribution in [0, 0.1) is 0 Å². The number of amides is 2. The van der Waals surface area contributed by atoms with Crippen LogP contribution in [-0.4, -0.2) is 18.4 Å². The van der Waals surface area contributed by atoms with Gasteiger partial charge < -0.3 is 20.8 Å². The normalized spacial score (nSPS) is 10.2. The van der Waals surface area contributed by atoms with Gasteiger partial charge in [-0.15, -0.1) is 0 Å². The third-order valence-corrected chi connectivity index (χ3v) is 3.05. The topological polar surface area (TPSA) is 97.4 Å². The molecule has 0 aliphatic heterocycles. The van der Waals surface area contributed by atoms with Crippen molar-refractivity contribution in [1.29, 1.82) is 0 Å². The third-order valence-electron chi connectivity index (χ3n) is 3.05. The highest BCUT2D eigenvalue weighted by Crippen LogP contribution is 2.11. The molecule has 116 valence electrons. The van der Waals surface area contributed by atoms with Gasteiger partial charge in [-0.25, -0.2) is 0 Å². The van der Waals surface area contributed by atoms with E-state index in [0.717, 1.165) is 5.56 Å². The van der Waals surface area contributed by atoms with Gasteiger partial charge in [0.2, 0.25) is 5.91 Å². The van der Waals surface area contributed by atoms with Crippen molar-refractivity contribution in [2.24, 2.45) is 5.73 Å². The second-order valence-electron chi connectivity index (χ2n) is 4.80. The van der Waals surface area contributed by atoms with E-state index in [4.69, 9.17) is 10.2 Å². The van der Waals surface area contributed by atoms with E-state index in [1.165, 1.54) is 6.26 Å². The van der Waals surface area contributed by atoms with Gasteiger partial charge in [-0.1, -0.05) is 12.1 Å². The van der Waals surface area contributed by atoms with Crippen LogP contribution in [0.1, 0.15) is 29.0 Å². The summed E-state index contributed by atoms with van der Waals surface area (Å²) in [5.74, 6) is -0.0512. The van der Waals surface area contributed by atoms with Crippen molar-refractivity contribution in [3.8, 4) is 0 Å². The first-order valence-corrected chi connectivity index (χ1v) is 7.09. The molecular weight excluding hydrogens is 282 g/mol. The molecule has 2 rings (SSSR count). The zero-order valence-electron chi connectivity index (χ0n) is 12.2. The molecule has 0 aliphatic carbocycles. The van der Waals surface area contributed by atoms with Crippen LogP contribution in [0.3, 0.4) is 0 Å². The molecule has 1 aromatic heterocycles. The lowest BCUT2D eigenvalue weighted by Gasteiger charge is -2.07. The first kappa shape index (κ1) is 15.8. The summed E-state index contributed by atoms with van der Waals surface area (Å²) in [4.78, 5) is 23.3. The minimum atomic E-state index is -0.298. The van der Waals surface area contributed by atoms with Crippen LogP contribution in [0.4, 0.5) is 5.69 Å². The van der Waals surface area contributed by atoms with E-state index in [2.05, 4.69) is 10.6 Å². The molecule has 0 spiro atoms. The van der Waals surface area contributed by atoms with Gasteiger partial charge in [0.25, 0.3) is 5.91 Å². The fourth-order valence-electron chi connectivity index (χ4n) is 1.86. The highest BCUT2D eigenvalue weighted by Gasteiger charge is 2.08. The van der Waals surface area contributed by atoms with Crippen molar-refractivity contribution in [2.45, 2.75) is 19.4 Å². The van der Waals surface area contributed by atoms with Crippen LogP contribution in [0.15, 0.2) is 47.1 Å². The first-order chi connectivity index (χ1) is 10.7. The van der Waals surface area contributed by atoms with Crippen LogP contribution in [-0.2, 0) is 11.3 Å². The molecule has 1 heterocycles. The zero-order valence-corrected chi connectivity index (χ0v) is 12.2. The van der Waals surface area contributed by atoms with Crippen LogP contribution < -0.4 is 16.4 Å². The SMILES string of the molecule is NCCCC(=O)NCc1ccc(NC(=O)c2ccco2)cc1. The quantitative estimate of drug-likeness (QED) is 0.727. The Hall–Kier alpha value is -2.60. The Bertz CT molecular complexity index is 606. The molecule has 0 fully saturated rings. The first-order valence-electron chi connectivity index (χ1n) is 7.09. The van der Waals surface area contributed by atoms with E-state index in [9.17, 15) is 9.59 Å². The van der Waals surface area contributed by atoms with Crippen molar-refractivity contribution in [3.63, 3.8) is 0 Å². The number of nitrogens with one attached hydrogen (secondary N) is 2. The maximum absolute atomic E-state index is 11.8. The average Bonchev–Trinajstić information content (AvgIpc) is 3.07.